The van der Waals surface area contributed by atoms with Gasteiger partial charge in [-0.05, 0) is 6.92 Å². The van der Waals surface area contributed by atoms with E-state index in [9.17, 15) is 4.79 Å². The lowest BCUT2D eigenvalue weighted by molar-refractivity contribution is -0.130. The van der Waals surface area contributed by atoms with Gasteiger partial charge in [0.1, 0.15) is 0 Å². The SMILES string of the molecule is CCC(=O)N(C)C(C)C(N)=NO. The molecule has 5 nitrogen and oxygen atoms in total. The molecule has 0 saturated heterocycles. The Morgan fingerprint density at radius 2 is 2.25 bits per heavy atom. The second-order valence-corrected chi connectivity index (χ2v) is 2.56. The van der Waals surface area contributed by atoms with E-state index in [1.807, 2.05) is 0 Å². The fourth-order valence-corrected chi connectivity index (χ4v) is 0.747. The molecule has 0 heterocycles. The zero-order valence-corrected chi connectivity index (χ0v) is 7.61. The minimum atomic E-state index is -0.359. The van der Waals surface area contributed by atoms with Crippen molar-refractivity contribution in [1.29, 1.82) is 0 Å². The summed E-state index contributed by atoms with van der Waals surface area (Å²) in [4.78, 5) is 12.5. The molecule has 1 unspecified atom stereocenters. The van der Waals surface area contributed by atoms with Crippen LogP contribution < -0.4 is 5.73 Å². The standard InChI is InChI=1S/C7H15N3O2/c1-4-6(11)10(3)5(2)7(8)9-12/h5,12H,4H2,1-3H3,(H2,8,9). The summed E-state index contributed by atoms with van der Waals surface area (Å²) in [6.07, 6.45) is 0.416. The number of nitrogens with two attached hydrogens (primary N) is 1. The second-order valence-electron chi connectivity index (χ2n) is 2.56. The fraction of sp³-hybridized carbons (Fsp3) is 0.714. The highest BCUT2D eigenvalue weighted by Crippen LogP contribution is 1.98. The van der Waals surface area contributed by atoms with E-state index in [1.165, 1.54) is 4.90 Å². The first kappa shape index (κ1) is 10.7. The van der Waals surface area contributed by atoms with Crippen LogP contribution in [0.4, 0.5) is 0 Å². The Bertz CT molecular complexity index is 191. The largest absolute Gasteiger partial charge is 0.409 e. The molecule has 0 aliphatic carbocycles. The first-order valence-electron chi connectivity index (χ1n) is 3.77. The molecule has 0 saturated carbocycles. The molecule has 0 aliphatic heterocycles. The minimum absolute atomic E-state index is 0.0332. The summed E-state index contributed by atoms with van der Waals surface area (Å²) in [6, 6.07) is -0.359. The van der Waals surface area contributed by atoms with Crippen molar-refractivity contribution in [3.05, 3.63) is 0 Å². The van der Waals surface area contributed by atoms with Crippen LogP contribution in [0.2, 0.25) is 0 Å². The topological polar surface area (TPSA) is 78.9 Å². The van der Waals surface area contributed by atoms with E-state index in [1.54, 1.807) is 20.9 Å². The predicted molar refractivity (Wildman–Crippen MR) is 45.9 cm³/mol. The summed E-state index contributed by atoms with van der Waals surface area (Å²) >= 11 is 0. The van der Waals surface area contributed by atoms with Gasteiger partial charge in [0.2, 0.25) is 5.91 Å². The van der Waals surface area contributed by atoms with Gasteiger partial charge in [0, 0.05) is 13.5 Å². The van der Waals surface area contributed by atoms with Gasteiger partial charge in [-0.2, -0.15) is 0 Å². The van der Waals surface area contributed by atoms with Gasteiger partial charge in [0.25, 0.3) is 0 Å². The van der Waals surface area contributed by atoms with Gasteiger partial charge in [0.15, 0.2) is 5.84 Å². The van der Waals surface area contributed by atoms with Gasteiger partial charge in [0.05, 0.1) is 6.04 Å². The molecule has 1 amide bonds. The number of hydrogen-bond acceptors (Lipinski definition) is 3. The average Bonchev–Trinajstić information content (AvgIpc) is 2.12. The maximum absolute atomic E-state index is 11.1. The Balaban J connectivity index is 4.28. The number of oxime groups is 1. The third kappa shape index (κ3) is 2.41. The van der Waals surface area contributed by atoms with Gasteiger partial charge in [-0.3, -0.25) is 4.79 Å². The van der Waals surface area contributed by atoms with Gasteiger partial charge < -0.3 is 15.8 Å². The molecule has 3 N–H and O–H groups in total. The number of nitrogens with zero attached hydrogens (tertiary/aromatic N) is 2. The molecule has 0 aliphatic rings. The monoisotopic (exact) mass is 173 g/mol. The lowest BCUT2D eigenvalue weighted by atomic mass is 10.2. The van der Waals surface area contributed by atoms with Gasteiger partial charge in [-0.1, -0.05) is 12.1 Å². The number of hydrogen-bond donors (Lipinski definition) is 2. The van der Waals surface area contributed by atoms with E-state index in [2.05, 4.69) is 5.16 Å². The van der Waals surface area contributed by atoms with Crippen molar-refractivity contribution in [1.82, 2.24) is 4.90 Å². The van der Waals surface area contributed by atoms with Crippen LogP contribution >= 0.6 is 0 Å². The lowest BCUT2D eigenvalue weighted by Gasteiger charge is -2.22. The van der Waals surface area contributed by atoms with Crippen molar-refractivity contribution < 1.29 is 10.0 Å². The van der Waals surface area contributed by atoms with Crippen LogP contribution in [0.5, 0.6) is 0 Å². The fourth-order valence-electron chi connectivity index (χ4n) is 0.747. The third-order valence-corrected chi connectivity index (χ3v) is 1.82. The third-order valence-electron chi connectivity index (χ3n) is 1.82. The van der Waals surface area contributed by atoms with Gasteiger partial charge in [-0.25, -0.2) is 0 Å². The number of amidine groups is 1. The Hall–Kier alpha value is -1.26. The maximum Gasteiger partial charge on any atom is 0.222 e. The van der Waals surface area contributed by atoms with E-state index in [0.29, 0.717) is 6.42 Å². The summed E-state index contributed by atoms with van der Waals surface area (Å²) in [6.45, 7) is 3.46. The Morgan fingerprint density at radius 1 is 1.75 bits per heavy atom. The molecular weight excluding hydrogens is 158 g/mol. The minimum Gasteiger partial charge on any atom is -0.409 e. The average molecular weight is 173 g/mol. The van der Waals surface area contributed by atoms with Crippen LogP contribution in [0, 0.1) is 0 Å². The summed E-state index contributed by atoms with van der Waals surface area (Å²) < 4.78 is 0. The summed E-state index contributed by atoms with van der Waals surface area (Å²) in [5.41, 5.74) is 5.32. The zero-order chi connectivity index (χ0) is 9.72. The van der Waals surface area contributed by atoms with Crippen molar-refractivity contribution >= 4 is 11.7 Å². The molecule has 70 valence electrons. The molecule has 0 radical (unpaired) electrons. The normalized spacial score (nSPS) is 14.1. The molecule has 0 aromatic carbocycles. The molecule has 0 bridgehead atoms. The molecule has 0 fully saturated rings. The number of carbonyl (C=O) groups is 1. The molecular formula is C7H15N3O2. The second kappa shape index (κ2) is 4.58. The number of amides is 1. The summed E-state index contributed by atoms with van der Waals surface area (Å²) in [5.74, 6) is 0.00778. The highest BCUT2D eigenvalue weighted by Gasteiger charge is 2.17. The van der Waals surface area contributed by atoms with E-state index < -0.39 is 0 Å². The summed E-state index contributed by atoms with van der Waals surface area (Å²) in [7, 11) is 1.62. The highest BCUT2D eigenvalue weighted by atomic mass is 16.4. The predicted octanol–water partition coefficient (Wildman–Crippen LogP) is -0.0103. The number of rotatable bonds is 3. The zero-order valence-electron chi connectivity index (χ0n) is 7.61. The number of likely N-dealkylation sites (N-methyl/N-ethyl adjacent to an activating group) is 1. The molecule has 0 rings (SSSR count). The van der Waals surface area contributed by atoms with Crippen LogP contribution in [-0.4, -0.2) is 34.9 Å². The van der Waals surface area contributed by atoms with Crippen molar-refractivity contribution in [3.63, 3.8) is 0 Å². The quantitative estimate of drug-likeness (QED) is 0.272. The smallest absolute Gasteiger partial charge is 0.222 e. The Morgan fingerprint density at radius 3 is 2.58 bits per heavy atom. The molecule has 0 aromatic heterocycles. The van der Waals surface area contributed by atoms with Gasteiger partial charge >= 0.3 is 0 Å². The van der Waals surface area contributed by atoms with E-state index >= 15 is 0 Å². The van der Waals surface area contributed by atoms with E-state index in [4.69, 9.17) is 10.9 Å². The van der Waals surface area contributed by atoms with Crippen molar-refractivity contribution in [2.75, 3.05) is 7.05 Å². The first-order valence-corrected chi connectivity index (χ1v) is 3.77. The molecule has 12 heavy (non-hydrogen) atoms. The molecule has 0 spiro atoms. The first-order chi connectivity index (χ1) is 5.54. The Labute approximate surface area is 71.8 Å². The summed E-state index contributed by atoms with van der Waals surface area (Å²) in [5, 5.41) is 11.2. The van der Waals surface area contributed by atoms with Crippen LogP contribution in [0.25, 0.3) is 0 Å². The molecule has 5 heteroatoms. The van der Waals surface area contributed by atoms with Crippen LogP contribution in [0.3, 0.4) is 0 Å². The van der Waals surface area contributed by atoms with Crippen molar-refractivity contribution in [2.45, 2.75) is 26.3 Å². The van der Waals surface area contributed by atoms with Gasteiger partial charge in [-0.15, -0.1) is 0 Å². The van der Waals surface area contributed by atoms with E-state index in [0.717, 1.165) is 0 Å². The molecule has 0 aromatic rings. The van der Waals surface area contributed by atoms with Crippen molar-refractivity contribution in [2.24, 2.45) is 10.9 Å². The van der Waals surface area contributed by atoms with Crippen LogP contribution in [0.1, 0.15) is 20.3 Å². The van der Waals surface area contributed by atoms with Crippen molar-refractivity contribution in [3.8, 4) is 0 Å². The van der Waals surface area contributed by atoms with Crippen LogP contribution in [-0.2, 0) is 4.79 Å². The molecule has 1 atom stereocenters. The maximum atomic E-state index is 11.1. The lowest BCUT2D eigenvalue weighted by Crippen LogP contribution is -2.43. The number of carbonyl (C=O) groups excluding carboxylic acids is 1. The van der Waals surface area contributed by atoms with Crippen LogP contribution in [0.15, 0.2) is 5.16 Å². The van der Waals surface area contributed by atoms with E-state index in [-0.39, 0.29) is 17.8 Å². The Kier molecular flexibility index (Phi) is 4.10. The highest BCUT2D eigenvalue weighted by molar-refractivity contribution is 5.89.